The van der Waals surface area contributed by atoms with Crippen molar-refractivity contribution in [1.29, 1.82) is 0 Å². The summed E-state index contributed by atoms with van der Waals surface area (Å²) in [6.45, 7) is 4.23. The van der Waals surface area contributed by atoms with Gasteiger partial charge in [-0.2, -0.15) is 0 Å². The van der Waals surface area contributed by atoms with E-state index in [4.69, 9.17) is 0 Å². The zero-order valence-corrected chi connectivity index (χ0v) is 19.7. The first-order valence-corrected chi connectivity index (χ1v) is 11.5. The molecule has 0 aromatic carbocycles. The molecule has 2 unspecified atom stereocenters. The number of aliphatic hydroxyl groups excluding tert-OH is 1. The first kappa shape index (κ1) is 28.1. The predicted molar refractivity (Wildman–Crippen MR) is 100 cm³/mol. The molecule has 0 rings (SSSR count). The Bertz CT molecular complexity index is 374. The summed E-state index contributed by atoms with van der Waals surface area (Å²) in [5, 5.41) is 8.96. The fourth-order valence-electron chi connectivity index (χ4n) is 3.17. The van der Waals surface area contributed by atoms with Crippen molar-refractivity contribution < 1.29 is 47.6 Å². The van der Waals surface area contributed by atoms with Gasteiger partial charge in [0.2, 0.25) is 0 Å². The second kappa shape index (κ2) is 18.2. The smallest absolute Gasteiger partial charge is 0.748 e. The molecule has 0 heterocycles. The monoisotopic (exact) mass is 386 g/mol. The average Bonchev–Trinajstić information content (AvgIpc) is 2.50. The first-order chi connectivity index (χ1) is 11.4. The van der Waals surface area contributed by atoms with Crippen LogP contribution in [-0.4, -0.2) is 29.4 Å². The van der Waals surface area contributed by atoms with Gasteiger partial charge in [0.05, 0.1) is 16.2 Å². The van der Waals surface area contributed by atoms with Crippen LogP contribution in [0.15, 0.2) is 0 Å². The fraction of sp³-hybridized carbons (Fsp3) is 1.00. The van der Waals surface area contributed by atoms with Crippen LogP contribution in [0.3, 0.4) is 0 Å². The first-order valence-electron chi connectivity index (χ1n) is 10.0. The van der Waals surface area contributed by atoms with Crippen molar-refractivity contribution in [3.05, 3.63) is 0 Å². The van der Waals surface area contributed by atoms with Crippen LogP contribution in [0.25, 0.3) is 0 Å². The molecule has 0 saturated carbocycles. The largest absolute Gasteiger partial charge is 1.00 e. The summed E-state index contributed by atoms with van der Waals surface area (Å²) in [6.07, 6.45) is 13.9. The molecule has 0 aliphatic rings. The Hall–Kier alpha value is 0.870. The third kappa shape index (κ3) is 18.0. The molecule has 0 aromatic rings. The summed E-state index contributed by atoms with van der Waals surface area (Å²) < 4.78 is 34.1. The second-order valence-electron chi connectivity index (χ2n) is 7.11. The number of aliphatic hydroxyl groups is 1. The van der Waals surface area contributed by atoms with Gasteiger partial charge in [-0.15, -0.1) is 0 Å². The van der Waals surface area contributed by atoms with Crippen molar-refractivity contribution in [3.63, 3.8) is 0 Å². The standard InChI is InChI=1S/C19H40O4S.Na/c1-3-5-6-8-12-16-19(24(21,22)23)17-13-10-7-9-11-15-18(20)14-4-2;/h18-20H,3-17H2,1-2H3,(H,21,22,23);/q;+1/p-1. The maximum atomic E-state index is 11.4. The molecule has 25 heavy (non-hydrogen) atoms. The van der Waals surface area contributed by atoms with Gasteiger partial charge in [0.1, 0.15) is 0 Å². The summed E-state index contributed by atoms with van der Waals surface area (Å²) in [4.78, 5) is 0. The van der Waals surface area contributed by atoms with Crippen LogP contribution >= 0.6 is 0 Å². The molecule has 0 fully saturated rings. The van der Waals surface area contributed by atoms with Crippen molar-refractivity contribution in [1.82, 2.24) is 0 Å². The van der Waals surface area contributed by atoms with Gasteiger partial charge in [-0.1, -0.05) is 84.5 Å². The molecule has 2 atom stereocenters. The Morgan fingerprint density at radius 3 is 1.60 bits per heavy atom. The van der Waals surface area contributed by atoms with E-state index in [2.05, 4.69) is 13.8 Å². The van der Waals surface area contributed by atoms with Gasteiger partial charge >= 0.3 is 29.6 Å². The van der Waals surface area contributed by atoms with E-state index in [9.17, 15) is 18.1 Å². The van der Waals surface area contributed by atoms with Gasteiger partial charge in [0.15, 0.2) is 0 Å². The summed E-state index contributed by atoms with van der Waals surface area (Å²) in [7, 11) is -4.16. The van der Waals surface area contributed by atoms with E-state index in [1.165, 1.54) is 12.8 Å². The van der Waals surface area contributed by atoms with Crippen LogP contribution in [0.2, 0.25) is 0 Å². The van der Waals surface area contributed by atoms with Crippen LogP contribution < -0.4 is 29.6 Å². The summed E-state index contributed by atoms with van der Waals surface area (Å²) >= 11 is 0. The summed E-state index contributed by atoms with van der Waals surface area (Å²) in [6, 6.07) is 0. The number of rotatable bonds is 17. The molecule has 0 bridgehead atoms. The fourth-order valence-corrected chi connectivity index (χ4v) is 4.08. The van der Waals surface area contributed by atoms with Crippen LogP contribution in [0.4, 0.5) is 0 Å². The maximum Gasteiger partial charge on any atom is 1.00 e. The van der Waals surface area contributed by atoms with Gasteiger partial charge in [-0.05, 0) is 25.7 Å². The summed E-state index contributed by atoms with van der Waals surface area (Å²) in [5.41, 5.74) is 0. The zero-order chi connectivity index (χ0) is 18.3. The Balaban J connectivity index is 0. The van der Waals surface area contributed by atoms with Crippen LogP contribution in [0.5, 0.6) is 0 Å². The SMILES string of the molecule is CCCCCCCC(CCCCCCCC(O)CCC)S(=O)(=O)[O-].[Na+]. The van der Waals surface area contributed by atoms with Gasteiger partial charge < -0.3 is 9.66 Å². The molecule has 146 valence electrons. The average molecular weight is 387 g/mol. The van der Waals surface area contributed by atoms with Crippen LogP contribution in [0, 0.1) is 0 Å². The number of hydrogen-bond donors (Lipinski definition) is 1. The molecule has 0 spiro atoms. The van der Waals surface area contributed by atoms with E-state index in [0.717, 1.165) is 70.6 Å². The van der Waals surface area contributed by atoms with Crippen molar-refractivity contribution in [2.24, 2.45) is 0 Å². The van der Waals surface area contributed by atoms with E-state index >= 15 is 0 Å². The van der Waals surface area contributed by atoms with Gasteiger partial charge in [0.25, 0.3) is 0 Å². The molecule has 1 N–H and O–H groups in total. The van der Waals surface area contributed by atoms with Gasteiger partial charge in [-0.25, -0.2) is 8.42 Å². The van der Waals surface area contributed by atoms with Crippen molar-refractivity contribution in [2.45, 2.75) is 122 Å². The Kier molecular flexibility index (Phi) is 20.5. The second-order valence-corrected chi connectivity index (χ2v) is 8.76. The molecule has 0 radical (unpaired) electrons. The molecular weight excluding hydrogens is 347 g/mol. The van der Waals surface area contributed by atoms with Crippen LogP contribution in [-0.2, 0) is 10.1 Å². The molecule has 4 nitrogen and oxygen atoms in total. The number of hydrogen-bond acceptors (Lipinski definition) is 4. The van der Waals surface area contributed by atoms with Crippen LogP contribution in [0.1, 0.15) is 110 Å². The minimum absolute atomic E-state index is 0. The Labute approximate surface area is 178 Å². The molecule has 0 amide bonds. The van der Waals surface area contributed by atoms with E-state index in [-0.39, 0.29) is 35.7 Å². The van der Waals surface area contributed by atoms with E-state index in [0.29, 0.717) is 12.8 Å². The summed E-state index contributed by atoms with van der Waals surface area (Å²) in [5.74, 6) is 0. The van der Waals surface area contributed by atoms with E-state index < -0.39 is 15.4 Å². The van der Waals surface area contributed by atoms with Crippen molar-refractivity contribution >= 4 is 10.1 Å². The van der Waals surface area contributed by atoms with Crippen molar-refractivity contribution in [2.75, 3.05) is 0 Å². The van der Waals surface area contributed by atoms with E-state index in [1.807, 2.05) is 0 Å². The Morgan fingerprint density at radius 2 is 1.16 bits per heavy atom. The molecule has 0 aromatic heterocycles. The topological polar surface area (TPSA) is 77.4 Å². The number of unbranched alkanes of at least 4 members (excludes halogenated alkanes) is 8. The van der Waals surface area contributed by atoms with E-state index in [1.54, 1.807) is 0 Å². The molecular formula is C19H39NaO4S. The molecule has 0 saturated heterocycles. The predicted octanol–water partition coefficient (Wildman–Crippen LogP) is 2.16. The molecule has 0 aliphatic heterocycles. The Morgan fingerprint density at radius 1 is 0.720 bits per heavy atom. The zero-order valence-electron chi connectivity index (χ0n) is 16.8. The van der Waals surface area contributed by atoms with Gasteiger partial charge in [0, 0.05) is 5.25 Å². The minimum Gasteiger partial charge on any atom is -0.748 e. The third-order valence-corrected chi connectivity index (χ3v) is 6.01. The maximum absolute atomic E-state index is 11.4. The minimum atomic E-state index is -4.16. The van der Waals surface area contributed by atoms with Crippen molar-refractivity contribution in [3.8, 4) is 0 Å². The van der Waals surface area contributed by atoms with Gasteiger partial charge in [-0.3, -0.25) is 0 Å². The normalized spacial score (nSPS) is 14.1. The quantitative estimate of drug-likeness (QED) is 0.236. The molecule has 0 aliphatic carbocycles. The molecule has 6 heteroatoms. The third-order valence-electron chi connectivity index (χ3n) is 4.72.